The first-order chi connectivity index (χ1) is 12.2. The number of aromatic nitrogens is 2. The van der Waals surface area contributed by atoms with E-state index in [0.717, 1.165) is 24.8 Å². The van der Waals surface area contributed by atoms with Crippen LogP contribution in [-0.4, -0.2) is 15.9 Å². The van der Waals surface area contributed by atoms with E-state index in [4.69, 9.17) is 4.74 Å². The molecular formula is C20H18N2O3. The smallest absolute Gasteiger partial charge is 0.317 e. The number of fused-ring (bicyclic) bond motifs is 1. The van der Waals surface area contributed by atoms with Crippen molar-refractivity contribution >= 4 is 16.9 Å². The van der Waals surface area contributed by atoms with Gasteiger partial charge < -0.3 is 9.72 Å². The highest BCUT2D eigenvalue weighted by Crippen LogP contribution is 2.44. The number of carbonyl (C=O) groups excluding carboxylic acids is 1. The Morgan fingerprint density at radius 2 is 1.80 bits per heavy atom. The Balaban J connectivity index is 1.55. The van der Waals surface area contributed by atoms with Crippen LogP contribution < -0.4 is 5.56 Å². The van der Waals surface area contributed by atoms with Crippen molar-refractivity contribution in [3.8, 4) is 0 Å². The Morgan fingerprint density at radius 1 is 1.08 bits per heavy atom. The van der Waals surface area contributed by atoms with Gasteiger partial charge in [-0.3, -0.25) is 9.59 Å². The van der Waals surface area contributed by atoms with Gasteiger partial charge in [0, 0.05) is 0 Å². The van der Waals surface area contributed by atoms with Crippen LogP contribution >= 0.6 is 0 Å². The molecule has 1 aromatic heterocycles. The van der Waals surface area contributed by atoms with Gasteiger partial charge in [0.25, 0.3) is 5.56 Å². The molecule has 0 amide bonds. The van der Waals surface area contributed by atoms with Gasteiger partial charge in [-0.05, 0) is 30.5 Å². The maximum absolute atomic E-state index is 12.7. The van der Waals surface area contributed by atoms with E-state index in [1.54, 1.807) is 18.2 Å². The molecule has 0 atom stereocenters. The molecule has 126 valence electrons. The van der Waals surface area contributed by atoms with Crippen molar-refractivity contribution in [3.63, 3.8) is 0 Å². The van der Waals surface area contributed by atoms with Gasteiger partial charge in [-0.2, -0.15) is 0 Å². The van der Waals surface area contributed by atoms with E-state index < -0.39 is 5.41 Å². The van der Waals surface area contributed by atoms with E-state index in [1.807, 2.05) is 36.4 Å². The Bertz CT molecular complexity index is 975. The van der Waals surface area contributed by atoms with Crippen molar-refractivity contribution in [2.75, 3.05) is 0 Å². The van der Waals surface area contributed by atoms with E-state index in [0.29, 0.717) is 16.7 Å². The second-order valence-electron chi connectivity index (χ2n) is 6.41. The third-order valence-corrected chi connectivity index (χ3v) is 4.93. The molecule has 5 nitrogen and oxygen atoms in total. The van der Waals surface area contributed by atoms with Crippen LogP contribution in [0.15, 0.2) is 59.4 Å². The number of rotatable bonds is 4. The first kappa shape index (κ1) is 15.6. The average Bonchev–Trinajstić information content (AvgIpc) is 2.60. The fourth-order valence-electron chi connectivity index (χ4n) is 3.37. The molecule has 1 aliphatic carbocycles. The first-order valence-corrected chi connectivity index (χ1v) is 8.40. The molecule has 1 N–H and O–H groups in total. The zero-order valence-electron chi connectivity index (χ0n) is 13.7. The highest BCUT2D eigenvalue weighted by Gasteiger charge is 2.47. The van der Waals surface area contributed by atoms with Crippen molar-refractivity contribution in [2.45, 2.75) is 31.3 Å². The predicted molar refractivity (Wildman–Crippen MR) is 94.1 cm³/mol. The van der Waals surface area contributed by atoms with Crippen molar-refractivity contribution in [2.24, 2.45) is 0 Å². The number of ether oxygens (including phenoxy) is 1. The Morgan fingerprint density at radius 3 is 2.52 bits per heavy atom. The molecule has 0 bridgehead atoms. The van der Waals surface area contributed by atoms with Crippen LogP contribution in [0.5, 0.6) is 0 Å². The number of para-hydroxylation sites is 1. The van der Waals surface area contributed by atoms with Crippen LogP contribution in [0.4, 0.5) is 0 Å². The highest BCUT2D eigenvalue weighted by molar-refractivity contribution is 5.84. The van der Waals surface area contributed by atoms with E-state index in [1.165, 1.54) is 0 Å². The average molecular weight is 334 g/mol. The van der Waals surface area contributed by atoms with E-state index in [-0.39, 0.29) is 18.1 Å². The summed E-state index contributed by atoms with van der Waals surface area (Å²) in [6.45, 7) is -0.0342. The second kappa shape index (κ2) is 6.16. The van der Waals surface area contributed by atoms with E-state index in [2.05, 4.69) is 9.97 Å². The lowest BCUT2D eigenvalue weighted by molar-refractivity contribution is -0.156. The summed E-state index contributed by atoms with van der Waals surface area (Å²) in [4.78, 5) is 31.9. The molecule has 0 radical (unpaired) electrons. The number of hydrogen-bond donors (Lipinski definition) is 1. The summed E-state index contributed by atoms with van der Waals surface area (Å²) in [5.41, 5.74) is 0.807. The lowest BCUT2D eigenvalue weighted by Gasteiger charge is -2.39. The predicted octanol–water partition coefficient (Wildman–Crippen LogP) is 3.09. The van der Waals surface area contributed by atoms with Crippen LogP contribution in [0, 0.1) is 0 Å². The van der Waals surface area contributed by atoms with Gasteiger partial charge in [-0.1, -0.05) is 48.9 Å². The molecule has 4 rings (SSSR count). The molecule has 0 spiro atoms. The standard InChI is InChI=1S/C20H18N2O3/c23-18-15-9-4-5-10-16(15)21-17(22-18)13-25-19(24)20(11-6-12-20)14-7-2-1-3-8-14/h1-5,7-10H,6,11-13H2,(H,21,22,23). The SMILES string of the molecule is O=C(OCc1nc2ccccc2c(=O)[nH]1)C1(c2ccccc2)CCC1. The summed E-state index contributed by atoms with van der Waals surface area (Å²) in [6, 6.07) is 16.8. The Kier molecular flexibility index (Phi) is 3.84. The van der Waals surface area contributed by atoms with Crippen molar-refractivity contribution in [1.82, 2.24) is 9.97 Å². The van der Waals surface area contributed by atoms with Crippen LogP contribution in [0.25, 0.3) is 10.9 Å². The molecule has 5 heteroatoms. The van der Waals surface area contributed by atoms with Gasteiger partial charge in [0.05, 0.1) is 16.3 Å². The number of nitrogens with one attached hydrogen (secondary N) is 1. The van der Waals surface area contributed by atoms with Crippen LogP contribution in [0.3, 0.4) is 0 Å². The third kappa shape index (κ3) is 2.71. The summed E-state index contributed by atoms with van der Waals surface area (Å²) in [7, 11) is 0. The molecule has 25 heavy (non-hydrogen) atoms. The molecular weight excluding hydrogens is 316 g/mol. The van der Waals surface area contributed by atoms with Crippen LogP contribution in [0.2, 0.25) is 0 Å². The summed E-state index contributed by atoms with van der Waals surface area (Å²) in [5.74, 6) is 0.111. The molecule has 1 saturated carbocycles. The number of esters is 1. The second-order valence-corrected chi connectivity index (χ2v) is 6.41. The largest absolute Gasteiger partial charge is 0.457 e. The summed E-state index contributed by atoms with van der Waals surface area (Å²) >= 11 is 0. The van der Waals surface area contributed by atoms with Crippen molar-refractivity contribution in [3.05, 3.63) is 76.3 Å². The quantitative estimate of drug-likeness (QED) is 0.744. The molecule has 0 saturated heterocycles. The lowest BCUT2D eigenvalue weighted by atomic mass is 9.64. The minimum Gasteiger partial charge on any atom is -0.457 e. The lowest BCUT2D eigenvalue weighted by Crippen LogP contribution is -2.43. The third-order valence-electron chi connectivity index (χ3n) is 4.93. The molecule has 2 aromatic carbocycles. The first-order valence-electron chi connectivity index (χ1n) is 8.40. The number of H-pyrrole nitrogens is 1. The summed E-state index contributed by atoms with van der Waals surface area (Å²) in [5, 5.41) is 0.525. The summed E-state index contributed by atoms with van der Waals surface area (Å²) in [6.07, 6.45) is 2.59. The topological polar surface area (TPSA) is 72.0 Å². The van der Waals surface area contributed by atoms with Crippen molar-refractivity contribution in [1.29, 1.82) is 0 Å². The number of carbonyl (C=O) groups is 1. The fraction of sp³-hybridized carbons (Fsp3) is 0.250. The zero-order valence-corrected chi connectivity index (χ0v) is 13.7. The Hall–Kier alpha value is -2.95. The van der Waals surface area contributed by atoms with Gasteiger partial charge in [0.15, 0.2) is 0 Å². The molecule has 1 heterocycles. The van der Waals surface area contributed by atoms with Gasteiger partial charge >= 0.3 is 5.97 Å². The molecule has 0 unspecified atom stereocenters. The highest BCUT2D eigenvalue weighted by atomic mass is 16.5. The molecule has 3 aromatic rings. The van der Waals surface area contributed by atoms with Gasteiger partial charge in [0.1, 0.15) is 12.4 Å². The number of aromatic amines is 1. The van der Waals surface area contributed by atoms with Crippen molar-refractivity contribution < 1.29 is 9.53 Å². The van der Waals surface area contributed by atoms with Crippen LogP contribution in [-0.2, 0) is 21.6 Å². The maximum Gasteiger partial charge on any atom is 0.317 e. The Labute approximate surface area is 144 Å². The molecule has 1 fully saturated rings. The van der Waals surface area contributed by atoms with E-state index >= 15 is 0 Å². The number of nitrogens with zero attached hydrogens (tertiary/aromatic N) is 1. The minimum absolute atomic E-state index is 0.0342. The summed E-state index contributed by atoms with van der Waals surface area (Å²) < 4.78 is 5.52. The van der Waals surface area contributed by atoms with Gasteiger partial charge in [0.2, 0.25) is 0 Å². The van der Waals surface area contributed by atoms with Crippen LogP contribution in [0.1, 0.15) is 30.7 Å². The zero-order chi connectivity index (χ0) is 17.3. The number of hydrogen-bond acceptors (Lipinski definition) is 4. The normalized spacial score (nSPS) is 15.5. The maximum atomic E-state index is 12.7. The van der Waals surface area contributed by atoms with Gasteiger partial charge in [-0.15, -0.1) is 0 Å². The molecule has 1 aliphatic rings. The van der Waals surface area contributed by atoms with Gasteiger partial charge in [-0.25, -0.2) is 4.98 Å². The molecule has 0 aliphatic heterocycles. The number of benzene rings is 2. The monoisotopic (exact) mass is 334 g/mol. The minimum atomic E-state index is -0.557. The fourth-order valence-corrected chi connectivity index (χ4v) is 3.37. The van der Waals surface area contributed by atoms with E-state index in [9.17, 15) is 9.59 Å².